The van der Waals surface area contributed by atoms with Gasteiger partial charge in [-0.15, -0.1) is 0 Å². The van der Waals surface area contributed by atoms with Gasteiger partial charge in [0.1, 0.15) is 29.1 Å². The molecule has 6 aromatic heterocycles. The number of aromatic nitrogens is 12. The van der Waals surface area contributed by atoms with Crippen LogP contribution in [0.3, 0.4) is 0 Å². The van der Waals surface area contributed by atoms with Crippen LogP contribution in [0.5, 0.6) is 0 Å². The van der Waals surface area contributed by atoms with Gasteiger partial charge in [-0.3, -0.25) is 54.9 Å². The van der Waals surface area contributed by atoms with E-state index in [9.17, 15) is 24.0 Å². The summed E-state index contributed by atoms with van der Waals surface area (Å²) in [5.41, 5.74) is 29.8. The highest BCUT2D eigenvalue weighted by Gasteiger charge is 2.20. The highest BCUT2D eigenvalue weighted by Crippen LogP contribution is 2.28. The van der Waals surface area contributed by atoms with E-state index in [4.69, 9.17) is 46.0 Å². The molecule has 11 aromatic carbocycles. The first-order valence-electron chi connectivity index (χ1n) is 49.1. The van der Waals surface area contributed by atoms with Crippen molar-refractivity contribution in [3.8, 4) is 0 Å². The lowest BCUT2D eigenvalue weighted by Crippen LogP contribution is -2.24. The Morgan fingerprint density at radius 1 is 0.306 bits per heavy atom. The molecule has 0 radical (unpaired) electrons. The number of unbranched alkanes of at least 4 members (excludes halogenated alkanes) is 1. The van der Waals surface area contributed by atoms with Crippen molar-refractivity contribution < 1.29 is 50.0 Å². The van der Waals surface area contributed by atoms with Crippen LogP contribution in [-0.4, -0.2) is 169 Å². The maximum absolute atomic E-state index is 11.3. The molecule has 0 saturated heterocycles. The molecular weight excluding hydrogens is 1850 g/mol. The predicted octanol–water partition coefficient (Wildman–Crippen LogP) is 17.3. The van der Waals surface area contributed by atoms with Gasteiger partial charge in [0.15, 0.2) is 0 Å². The van der Waals surface area contributed by atoms with Gasteiger partial charge in [0.2, 0.25) is 0 Å². The quantitative estimate of drug-likeness (QED) is 0.00732. The van der Waals surface area contributed by atoms with Crippen molar-refractivity contribution in [2.45, 2.75) is 123 Å². The molecule has 17 aromatic rings. The Hall–Kier alpha value is -16.3. The minimum Gasteiger partial charge on any atom is -0.337 e. The SMILES string of the molecule is CN(C)CCCCn1c(CCc2ccccc2)nc2cc(/C=C/C(=O)NO)ccc21.CN(C)CCCn1c(CCc2ccccc2)nc2cc(/C=C/C(=O)NO)ccc21.Cn1c(CN(Cc2ccccc2)Cc2ccccc2)nc2cc(/C=C/C(=O)NO)ccc21.Cn1c(CNCc2ccccc2)nc2cc(/C=C/C(=O)NO)ccc21.O=C(/C=C/c1ccc2c(c1)nc(CCc1ccccc1)n2CCCn1ccnc1)NO. The zero-order valence-electron chi connectivity index (χ0n) is 83.8. The number of hydrogen-bond donors (Lipinski definition) is 11. The van der Waals surface area contributed by atoms with Gasteiger partial charge in [-0.05, 0) is 238 Å². The monoisotopic (exact) mass is 1980 g/mol. The van der Waals surface area contributed by atoms with Crippen LogP contribution < -0.4 is 32.7 Å². The summed E-state index contributed by atoms with van der Waals surface area (Å²) in [5, 5.41) is 46.5. The third kappa shape index (κ3) is 33.6. The molecule has 0 bridgehead atoms. The van der Waals surface area contributed by atoms with Gasteiger partial charge in [0.25, 0.3) is 29.5 Å². The van der Waals surface area contributed by atoms with E-state index in [1.54, 1.807) is 64.0 Å². The summed E-state index contributed by atoms with van der Waals surface area (Å²) in [4.78, 5) is 91.2. The number of benzene rings is 11. The maximum Gasteiger partial charge on any atom is 0.267 e. The average Bonchev–Trinajstić information content (AvgIpc) is 1.66. The van der Waals surface area contributed by atoms with E-state index >= 15 is 0 Å². The first-order valence-corrected chi connectivity index (χ1v) is 49.1. The van der Waals surface area contributed by atoms with Gasteiger partial charge in [0.05, 0.1) is 74.6 Å². The topological polar surface area (TPSA) is 375 Å². The molecule has 31 nitrogen and oxygen atoms in total. The van der Waals surface area contributed by atoms with E-state index in [1.807, 2.05) is 154 Å². The number of imidazole rings is 6. The van der Waals surface area contributed by atoms with Crippen molar-refractivity contribution in [1.82, 2.24) is 105 Å². The Kier molecular flexibility index (Phi) is 41.6. The molecule has 17 rings (SSSR count). The van der Waals surface area contributed by atoms with Gasteiger partial charge in [-0.1, -0.05) is 212 Å². The van der Waals surface area contributed by atoms with Crippen molar-refractivity contribution in [3.63, 3.8) is 0 Å². The normalized spacial score (nSPS) is 11.5. The molecule has 758 valence electrons. The van der Waals surface area contributed by atoms with Gasteiger partial charge < -0.3 is 42.5 Å². The fourth-order valence-electron chi connectivity index (χ4n) is 17.0. The third-order valence-electron chi connectivity index (χ3n) is 24.6. The summed E-state index contributed by atoms with van der Waals surface area (Å²) in [5.74, 6) is 2.35. The van der Waals surface area contributed by atoms with Crippen LogP contribution in [0.4, 0.5) is 0 Å². The number of nitrogens with one attached hydrogen (secondary N) is 6. The fraction of sp³-hybridized carbons (Fsp3) is 0.233. The molecule has 0 atom stereocenters. The number of carbonyl (C=O) groups excluding carboxylic acids is 5. The molecule has 0 fully saturated rings. The summed E-state index contributed by atoms with van der Waals surface area (Å²) in [7, 11) is 12.4. The van der Waals surface area contributed by atoms with Gasteiger partial charge >= 0.3 is 0 Å². The molecule has 0 aliphatic heterocycles. The van der Waals surface area contributed by atoms with Crippen molar-refractivity contribution in [1.29, 1.82) is 0 Å². The predicted molar refractivity (Wildman–Crippen MR) is 578 cm³/mol. The second-order valence-corrected chi connectivity index (χ2v) is 36.0. The average molecular weight is 1980 g/mol. The molecule has 0 spiro atoms. The zero-order chi connectivity index (χ0) is 103. The lowest BCUT2D eigenvalue weighted by Gasteiger charge is -2.22. The minimum absolute atomic E-state index is 0.551. The van der Waals surface area contributed by atoms with Gasteiger partial charge in [-0.25, -0.2) is 57.3 Å². The largest absolute Gasteiger partial charge is 0.337 e. The van der Waals surface area contributed by atoms with Crippen LogP contribution in [0.15, 0.2) is 322 Å². The standard InChI is InChI=1S/C26H26N4O2.C24H25N5O2.C24H30N4O2.C23H28N4O2.C19H20N4O2/c1-29-24-14-12-20(13-15-26(31)28-32)16-23(24)27-25(29)19-30(17-21-8-4-2-5-9-21)18-22-10-6-3-7-11-22;30-24(27-31)12-9-20-7-10-22-21(17-20)26-23(11-8-19-5-2-1-3-6-19)29(22)15-4-14-28-16-13-25-18-28;1-27(2)16-6-7-17-28-22-13-10-20(12-15-24(29)26-30)18-21(22)25-23(28)14-11-19-8-4-3-5-9-19;1-26(2)15-6-16-27-21-12-9-19(11-14-23(28)25-29)17-20(21)24-22(27)13-10-18-7-4-3-5-8-18;1-23-17-9-7-14(8-10-19(24)22-25)11-16(17)21-18(23)13-20-12-15-5-3-2-4-6-15/h2-16,32H,17-19H2,1H3,(H,28,31);1-3,5-7,9-10,12-13,16-18,31H,4,8,11,14-15H2,(H,27,30);3-5,8-10,12-13,15,18,30H,6-7,11,14,16-17H2,1-2H3,(H,26,29);3-5,7-9,11-12,14,17,29H,6,10,13,15-16H2,1-2H3,(H,25,28);2-11,20,25H,12-13H2,1H3,(H,22,24)/b15-13+;12-9+;15-12+;14-11+;10-8+. The van der Waals surface area contributed by atoms with Crippen LogP contribution in [0.25, 0.3) is 85.5 Å². The molecule has 0 saturated carbocycles. The molecule has 0 aliphatic rings. The molecule has 11 N–H and O–H groups in total. The molecule has 0 unspecified atom stereocenters. The highest BCUT2D eigenvalue weighted by molar-refractivity contribution is 5.95. The molecule has 147 heavy (non-hydrogen) atoms. The summed E-state index contributed by atoms with van der Waals surface area (Å²) in [6.07, 6.45) is 30.0. The Labute approximate surface area is 855 Å². The van der Waals surface area contributed by atoms with Crippen molar-refractivity contribution >= 4 is 115 Å². The Bertz CT molecular complexity index is 7200. The molecule has 5 amide bonds. The highest BCUT2D eigenvalue weighted by atomic mass is 16.5. The number of hydrogen-bond acceptors (Lipinski definition) is 20. The van der Waals surface area contributed by atoms with Crippen LogP contribution in [0.1, 0.15) is 116 Å². The maximum atomic E-state index is 11.3. The van der Waals surface area contributed by atoms with E-state index in [0.717, 1.165) is 235 Å². The number of rotatable bonds is 42. The molecule has 31 heteroatoms. The number of aryl methyl sites for hydroxylation is 12. The first kappa shape index (κ1) is 108. The lowest BCUT2D eigenvalue weighted by atomic mass is 10.1. The van der Waals surface area contributed by atoms with E-state index < -0.39 is 29.5 Å². The summed E-state index contributed by atoms with van der Waals surface area (Å²) < 4.78 is 13.2. The molecule has 6 heterocycles. The second-order valence-electron chi connectivity index (χ2n) is 36.0. The Balaban J connectivity index is 0.000000154. The summed E-state index contributed by atoms with van der Waals surface area (Å²) >= 11 is 0. The zero-order valence-corrected chi connectivity index (χ0v) is 83.8. The fourth-order valence-corrected chi connectivity index (χ4v) is 17.0. The number of amides is 5. The van der Waals surface area contributed by atoms with Crippen molar-refractivity contribution in [2.24, 2.45) is 14.1 Å². The Morgan fingerprint density at radius 2 is 0.605 bits per heavy atom. The van der Waals surface area contributed by atoms with E-state index in [2.05, 4.69) is 231 Å². The third-order valence-corrected chi connectivity index (χ3v) is 24.6. The van der Waals surface area contributed by atoms with E-state index in [0.29, 0.717) is 13.1 Å². The molecule has 0 aliphatic carbocycles. The van der Waals surface area contributed by atoms with Crippen LogP contribution in [0.2, 0.25) is 0 Å². The number of nitrogens with zero attached hydrogens (tertiary/aromatic N) is 15. The summed E-state index contributed by atoms with van der Waals surface area (Å²) in [6, 6.07) is 92.2. The first-order chi connectivity index (χ1) is 71.6. The van der Waals surface area contributed by atoms with Gasteiger partial charge in [-0.2, -0.15) is 0 Å². The smallest absolute Gasteiger partial charge is 0.267 e. The lowest BCUT2D eigenvalue weighted by molar-refractivity contribution is -0.124. The number of fused-ring (bicyclic) bond motifs is 5. The second kappa shape index (κ2) is 56.6. The van der Waals surface area contributed by atoms with Crippen LogP contribution in [-0.2, 0) is 135 Å². The molecular formula is C116H129N21O10. The van der Waals surface area contributed by atoms with Gasteiger partial charge in [0, 0.05) is 122 Å². The van der Waals surface area contributed by atoms with E-state index in [1.165, 1.54) is 63.8 Å². The number of hydroxylamine groups is 5. The van der Waals surface area contributed by atoms with Crippen LogP contribution in [0, 0.1) is 0 Å². The van der Waals surface area contributed by atoms with E-state index in [-0.39, 0.29) is 0 Å². The van der Waals surface area contributed by atoms with Crippen molar-refractivity contribution in [2.75, 3.05) is 41.3 Å². The number of carbonyl (C=O) groups is 5. The van der Waals surface area contributed by atoms with Crippen molar-refractivity contribution in [3.05, 3.63) is 412 Å². The summed E-state index contributed by atoms with van der Waals surface area (Å²) in [6.45, 7) is 9.52. The minimum atomic E-state index is -0.565. The van der Waals surface area contributed by atoms with Crippen LogP contribution >= 0.6 is 0 Å². The Morgan fingerprint density at radius 3 is 0.946 bits per heavy atom.